The average molecular weight is 185 g/mol. The summed E-state index contributed by atoms with van der Waals surface area (Å²) in [6, 6.07) is 10.6. The van der Waals surface area contributed by atoms with Crippen molar-refractivity contribution < 1.29 is 0 Å². The van der Waals surface area contributed by atoms with Gasteiger partial charge in [0.05, 0.1) is 0 Å². The van der Waals surface area contributed by atoms with Crippen molar-refractivity contribution in [1.82, 2.24) is 0 Å². The predicted molar refractivity (Wildman–Crippen MR) is 60.8 cm³/mol. The fourth-order valence-electron chi connectivity index (χ4n) is 1.63. The third kappa shape index (κ3) is 2.56. The molecule has 14 heavy (non-hydrogen) atoms. The van der Waals surface area contributed by atoms with Gasteiger partial charge in [0.1, 0.15) is 0 Å². The van der Waals surface area contributed by atoms with E-state index in [0.717, 1.165) is 25.8 Å². The van der Waals surface area contributed by atoms with Crippen LogP contribution in [-0.2, 0) is 6.42 Å². The SMILES string of the molecule is C1=CC(CCc2ccccc2)=NCC1. The van der Waals surface area contributed by atoms with Crippen LogP contribution in [0.1, 0.15) is 18.4 Å². The largest absolute Gasteiger partial charge is 0.289 e. The highest BCUT2D eigenvalue weighted by Crippen LogP contribution is 2.06. The lowest BCUT2D eigenvalue weighted by molar-refractivity contribution is 0.956. The lowest BCUT2D eigenvalue weighted by Gasteiger charge is -2.05. The molecule has 1 aliphatic rings. The fourth-order valence-corrected chi connectivity index (χ4v) is 1.63. The van der Waals surface area contributed by atoms with Crippen LogP contribution < -0.4 is 0 Å². The van der Waals surface area contributed by atoms with Crippen molar-refractivity contribution in [2.75, 3.05) is 6.54 Å². The van der Waals surface area contributed by atoms with E-state index in [0.29, 0.717) is 0 Å². The first kappa shape index (κ1) is 9.20. The molecular weight excluding hydrogens is 170 g/mol. The second kappa shape index (κ2) is 4.75. The van der Waals surface area contributed by atoms with E-state index < -0.39 is 0 Å². The number of rotatable bonds is 3. The van der Waals surface area contributed by atoms with Gasteiger partial charge >= 0.3 is 0 Å². The molecule has 0 radical (unpaired) electrons. The van der Waals surface area contributed by atoms with Gasteiger partial charge in [0.2, 0.25) is 0 Å². The van der Waals surface area contributed by atoms with Gasteiger partial charge in [-0.05, 0) is 30.9 Å². The van der Waals surface area contributed by atoms with E-state index in [1.165, 1.54) is 11.3 Å². The van der Waals surface area contributed by atoms with Crippen molar-refractivity contribution in [3.63, 3.8) is 0 Å². The minimum absolute atomic E-state index is 0.973. The molecule has 72 valence electrons. The van der Waals surface area contributed by atoms with E-state index in [2.05, 4.69) is 47.5 Å². The Labute approximate surface area is 85.2 Å². The van der Waals surface area contributed by atoms with Crippen LogP contribution in [0.3, 0.4) is 0 Å². The maximum atomic E-state index is 4.47. The zero-order chi connectivity index (χ0) is 9.64. The van der Waals surface area contributed by atoms with Gasteiger partial charge in [-0.1, -0.05) is 36.4 Å². The first-order chi connectivity index (χ1) is 6.95. The molecule has 0 spiro atoms. The first-order valence-corrected chi connectivity index (χ1v) is 5.19. The zero-order valence-corrected chi connectivity index (χ0v) is 8.32. The molecule has 0 unspecified atom stereocenters. The third-order valence-electron chi connectivity index (χ3n) is 2.43. The van der Waals surface area contributed by atoms with Crippen molar-refractivity contribution in [2.24, 2.45) is 4.99 Å². The van der Waals surface area contributed by atoms with Gasteiger partial charge < -0.3 is 0 Å². The maximum Gasteiger partial charge on any atom is 0.0427 e. The topological polar surface area (TPSA) is 12.4 Å². The van der Waals surface area contributed by atoms with Crippen molar-refractivity contribution in [3.8, 4) is 0 Å². The number of aryl methyl sites for hydroxylation is 1. The number of hydrogen-bond donors (Lipinski definition) is 0. The summed E-state index contributed by atoms with van der Waals surface area (Å²) in [6.45, 7) is 0.973. The van der Waals surface area contributed by atoms with Crippen LogP contribution in [0.25, 0.3) is 0 Å². The van der Waals surface area contributed by atoms with Crippen LogP contribution >= 0.6 is 0 Å². The van der Waals surface area contributed by atoms with Crippen LogP contribution in [0.4, 0.5) is 0 Å². The Hall–Kier alpha value is -1.37. The van der Waals surface area contributed by atoms with Crippen molar-refractivity contribution in [3.05, 3.63) is 48.0 Å². The first-order valence-electron chi connectivity index (χ1n) is 5.19. The quantitative estimate of drug-likeness (QED) is 0.686. The van der Waals surface area contributed by atoms with E-state index in [1.807, 2.05) is 0 Å². The standard InChI is InChI=1S/C13H15N/c1-2-6-12(7-3-1)9-10-13-8-4-5-11-14-13/h1-4,6-8H,5,9-11H2. The van der Waals surface area contributed by atoms with Crippen molar-refractivity contribution >= 4 is 5.71 Å². The smallest absolute Gasteiger partial charge is 0.0427 e. The van der Waals surface area contributed by atoms with Gasteiger partial charge in [0.25, 0.3) is 0 Å². The van der Waals surface area contributed by atoms with Gasteiger partial charge in [-0.2, -0.15) is 0 Å². The van der Waals surface area contributed by atoms with Crippen LogP contribution in [0, 0.1) is 0 Å². The molecule has 0 N–H and O–H groups in total. The van der Waals surface area contributed by atoms with Crippen molar-refractivity contribution in [1.29, 1.82) is 0 Å². The number of benzene rings is 1. The highest BCUT2D eigenvalue weighted by atomic mass is 14.7. The summed E-state index contributed by atoms with van der Waals surface area (Å²) in [6.07, 6.45) is 7.65. The van der Waals surface area contributed by atoms with Gasteiger partial charge in [0.15, 0.2) is 0 Å². The summed E-state index contributed by atoms with van der Waals surface area (Å²) in [5, 5.41) is 0. The minimum atomic E-state index is 0.973. The molecule has 1 aromatic rings. The summed E-state index contributed by atoms with van der Waals surface area (Å²) >= 11 is 0. The monoisotopic (exact) mass is 185 g/mol. The van der Waals surface area contributed by atoms with Crippen LogP contribution in [0.2, 0.25) is 0 Å². The molecule has 0 amide bonds. The molecule has 0 bridgehead atoms. The lowest BCUT2D eigenvalue weighted by Crippen LogP contribution is -2.01. The molecule has 0 aromatic heterocycles. The van der Waals surface area contributed by atoms with Gasteiger partial charge in [-0.15, -0.1) is 0 Å². The van der Waals surface area contributed by atoms with Crippen LogP contribution in [-0.4, -0.2) is 12.3 Å². The summed E-state index contributed by atoms with van der Waals surface area (Å²) in [5.41, 5.74) is 2.65. The van der Waals surface area contributed by atoms with Gasteiger partial charge in [0, 0.05) is 12.3 Å². The Kier molecular flexibility index (Phi) is 3.12. The molecule has 0 fully saturated rings. The highest BCUT2D eigenvalue weighted by Gasteiger charge is 1.99. The number of allylic oxidation sites excluding steroid dienone is 1. The van der Waals surface area contributed by atoms with Crippen LogP contribution in [0.15, 0.2) is 47.5 Å². The summed E-state index contributed by atoms with van der Waals surface area (Å²) in [5.74, 6) is 0. The van der Waals surface area contributed by atoms with Crippen molar-refractivity contribution in [2.45, 2.75) is 19.3 Å². The summed E-state index contributed by atoms with van der Waals surface area (Å²) in [7, 11) is 0. The second-order valence-corrected chi connectivity index (χ2v) is 3.55. The Morgan fingerprint density at radius 1 is 1.07 bits per heavy atom. The van der Waals surface area contributed by atoms with E-state index >= 15 is 0 Å². The van der Waals surface area contributed by atoms with Gasteiger partial charge in [-0.3, -0.25) is 4.99 Å². The minimum Gasteiger partial charge on any atom is -0.289 e. The van der Waals surface area contributed by atoms with E-state index in [9.17, 15) is 0 Å². The van der Waals surface area contributed by atoms with E-state index in [4.69, 9.17) is 0 Å². The molecule has 0 saturated heterocycles. The number of dihydropyridines is 1. The average Bonchev–Trinajstić information content (AvgIpc) is 2.29. The second-order valence-electron chi connectivity index (χ2n) is 3.55. The zero-order valence-electron chi connectivity index (χ0n) is 8.32. The van der Waals surface area contributed by atoms with Gasteiger partial charge in [-0.25, -0.2) is 0 Å². The predicted octanol–water partition coefficient (Wildman–Crippen LogP) is 3.02. The van der Waals surface area contributed by atoms with E-state index in [1.54, 1.807) is 0 Å². The molecular formula is C13H15N. The third-order valence-corrected chi connectivity index (χ3v) is 2.43. The molecule has 1 aliphatic heterocycles. The highest BCUT2D eigenvalue weighted by molar-refractivity contribution is 5.95. The van der Waals surface area contributed by atoms with E-state index in [-0.39, 0.29) is 0 Å². The number of hydrogen-bond acceptors (Lipinski definition) is 1. The molecule has 1 aromatic carbocycles. The normalized spacial score (nSPS) is 15.3. The lowest BCUT2D eigenvalue weighted by atomic mass is 10.1. The molecule has 1 heterocycles. The molecule has 0 atom stereocenters. The van der Waals surface area contributed by atoms with Crippen LogP contribution in [0.5, 0.6) is 0 Å². The Morgan fingerprint density at radius 2 is 1.93 bits per heavy atom. The molecule has 0 saturated carbocycles. The molecule has 1 nitrogen and oxygen atoms in total. The Balaban J connectivity index is 1.88. The Bertz CT molecular complexity index is 336. The maximum absolute atomic E-state index is 4.47. The molecule has 0 aliphatic carbocycles. The molecule has 2 rings (SSSR count). The fraction of sp³-hybridized carbons (Fsp3) is 0.308. The number of nitrogens with zero attached hydrogens (tertiary/aromatic N) is 1. The Morgan fingerprint density at radius 3 is 2.64 bits per heavy atom. The number of aliphatic imine (C=N–C) groups is 1. The summed E-state index contributed by atoms with van der Waals surface area (Å²) in [4.78, 5) is 4.47. The molecule has 1 heteroatoms. The summed E-state index contributed by atoms with van der Waals surface area (Å²) < 4.78 is 0.